The molecule has 1 aromatic carbocycles. The van der Waals surface area contributed by atoms with E-state index in [-0.39, 0.29) is 5.91 Å². The summed E-state index contributed by atoms with van der Waals surface area (Å²) in [5.41, 5.74) is 1.81. The van der Waals surface area contributed by atoms with E-state index < -0.39 is 0 Å². The summed E-state index contributed by atoms with van der Waals surface area (Å²) in [6, 6.07) is 5.66. The average molecular weight is 298 g/mol. The highest BCUT2D eigenvalue weighted by Crippen LogP contribution is 2.16. The summed E-state index contributed by atoms with van der Waals surface area (Å²) in [6.45, 7) is 7.13. The van der Waals surface area contributed by atoms with Gasteiger partial charge in [-0.1, -0.05) is 29.8 Å². The molecule has 94 valence electrons. The van der Waals surface area contributed by atoms with Crippen LogP contribution in [0.4, 0.5) is 0 Å². The zero-order valence-corrected chi connectivity index (χ0v) is 12.3. The number of hydrogen-bond acceptors (Lipinski definition) is 1. The van der Waals surface area contributed by atoms with Gasteiger partial charge in [-0.15, -0.1) is 0 Å². The van der Waals surface area contributed by atoms with Crippen molar-refractivity contribution in [2.24, 2.45) is 5.92 Å². The van der Waals surface area contributed by atoms with E-state index in [9.17, 15) is 4.79 Å². The number of amides is 1. The van der Waals surface area contributed by atoms with Crippen LogP contribution in [0.5, 0.6) is 0 Å². The Hall–Kier alpha value is -0.830. The van der Waals surface area contributed by atoms with E-state index in [1.165, 1.54) is 0 Å². The molecule has 0 bridgehead atoms. The van der Waals surface area contributed by atoms with E-state index >= 15 is 0 Å². The zero-order valence-electron chi connectivity index (χ0n) is 10.7. The molecule has 0 radical (unpaired) electrons. The predicted molar refractivity (Wildman–Crippen MR) is 75.3 cm³/mol. The summed E-state index contributed by atoms with van der Waals surface area (Å²) in [6.07, 6.45) is 2.19. The third-order valence-electron chi connectivity index (χ3n) is 2.66. The van der Waals surface area contributed by atoms with Crippen LogP contribution < -0.4 is 5.32 Å². The van der Waals surface area contributed by atoms with Crippen molar-refractivity contribution in [1.82, 2.24) is 5.32 Å². The third-order valence-corrected chi connectivity index (χ3v) is 3.55. The highest BCUT2D eigenvalue weighted by atomic mass is 79.9. The van der Waals surface area contributed by atoms with Gasteiger partial charge in [0.25, 0.3) is 5.91 Å². The molecule has 0 saturated carbocycles. The van der Waals surface area contributed by atoms with Gasteiger partial charge in [-0.2, -0.15) is 0 Å². The maximum Gasteiger partial charge on any atom is 0.251 e. The molecule has 0 aliphatic heterocycles. The molecule has 3 heteroatoms. The minimum absolute atomic E-state index is 0.0179. The molecule has 0 spiro atoms. The smallest absolute Gasteiger partial charge is 0.251 e. The molecule has 0 saturated heterocycles. The van der Waals surface area contributed by atoms with E-state index in [0.29, 0.717) is 5.92 Å². The number of rotatable bonds is 5. The standard InChI is InChI=1S/C14H20BrNO/c1-10(2)5-4-8-16-14(17)12-6-7-13(15)11(3)9-12/h6-7,9-10H,4-5,8H2,1-3H3,(H,16,17). The van der Waals surface area contributed by atoms with Gasteiger partial charge < -0.3 is 5.32 Å². The average Bonchev–Trinajstić information content (AvgIpc) is 2.27. The van der Waals surface area contributed by atoms with Crippen LogP contribution >= 0.6 is 15.9 Å². The molecule has 0 fully saturated rings. The van der Waals surface area contributed by atoms with Gasteiger partial charge in [-0.05, 0) is 49.4 Å². The maximum atomic E-state index is 11.8. The quantitative estimate of drug-likeness (QED) is 0.820. The second-order valence-electron chi connectivity index (χ2n) is 4.76. The third kappa shape index (κ3) is 4.90. The van der Waals surface area contributed by atoms with E-state index in [2.05, 4.69) is 35.1 Å². The van der Waals surface area contributed by atoms with Gasteiger partial charge >= 0.3 is 0 Å². The molecular formula is C14H20BrNO. The number of carbonyl (C=O) groups is 1. The van der Waals surface area contributed by atoms with Crippen molar-refractivity contribution in [2.45, 2.75) is 33.6 Å². The first-order valence-corrected chi connectivity index (χ1v) is 6.84. The Kier molecular flexibility index (Phi) is 5.69. The Morgan fingerprint density at radius 1 is 1.41 bits per heavy atom. The largest absolute Gasteiger partial charge is 0.352 e. The first kappa shape index (κ1) is 14.2. The van der Waals surface area contributed by atoms with Crippen molar-refractivity contribution in [2.75, 3.05) is 6.54 Å². The normalized spacial score (nSPS) is 10.6. The molecule has 2 nitrogen and oxygen atoms in total. The molecule has 0 aliphatic carbocycles. The van der Waals surface area contributed by atoms with E-state index in [1.807, 2.05) is 25.1 Å². The lowest BCUT2D eigenvalue weighted by atomic mass is 10.1. The molecule has 0 atom stereocenters. The van der Waals surface area contributed by atoms with Crippen molar-refractivity contribution in [3.05, 3.63) is 33.8 Å². The minimum atomic E-state index is 0.0179. The molecule has 0 unspecified atom stereocenters. The number of halogens is 1. The van der Waals surface area contributed by atoms with E-state index in [1.54, 1.807) is 0 Å². The van der Waals surface area contributed by atoms with Crippen LogP contribution in [0.25, 0.3) is 0 Å². The molecule has 0 aliphatic rings. The lowest BCUT2D eigenvalue weighted by molar-refractivity contribution is 0.0952. The predicted octanol–water partition coefficient (Wildman–Crippen LogP) is 3.92. The first-order chi connectivity index (χ1) is 8.00. The fraction of sp³-hybridized carbons (Fsp3) is 0.500. The fourth-order valence-corrected chi connectivity index (χ4v) is 1.85. The monoisotopic (exact) mass is 297 g/mol. The maximum absolute atomic E-state index is 11.8. The number of aryl methyl sites for hydroxylation is 1. The van der Waals surface area contributed by atoms with E-state index in [0.717, 1.165) is 35.0 Å². The molecular weight excluding hydrogens is 278 g/mol. The van der Waals surface area contributed by atoms with Crippen molar-refractivity contribution in [3.63, 3.8) is 0 Å². The van der Waals surface area contributed by atoms with Crippen molar-refractivity contribution in [1.29, 1.82) is 0 Å². The highest BCUT2D eigenvalue weighted by molar-refractivity contribution is 9.10. The number of carbonyl (C=O) groups excluding carboxylic acids is 1. The highest BCUT2D eigenvalue weighted by Gasteiger charge is 2.06. The molecule has 1 aromatic rings. The van der Waals surface area contributed by atoms with Gasteiger partial charge in [0, 0.05) is 16.6 Å². The second-order valence-corrected chi connectivity index (χ2v) is 5.61. The van der Waals surface area contributed by atoms with Crippen LogP contribution in [-0.2, 0) is 0 Å². The Morgan fingerprint density at radius 3 is 2.71 bits per heavy atom. The summed E-state index contributed by atoms with van der Waals surface area (Å²) in [5, 5.41) is 2.95. The number of benzene rings is 1. The van der Waals surface area contributed by atoms with E-state index in [4.69, 9.17) is 0 Å². The number of hydrogen-bond donors (Lipinski definition) is 1. The summed E-state index contributed by atoms with van der Waals surface area (Å²) in [4.78, 5) is 11.8. The van der Waals surface area contributed by atoms with Crippen LogP contribution in [0.15, 0.2) is 22.7 Å². The molecule has 1 rings (SSSR count). The van der Waals surface area contributed by atoms with Crippen LogP contribution in [-0.4, -0.2) is 12.5 Å². The number of nitrogens with one attached hydrogen (secondary N) is 1. The Balaban J connectivity index is 2.44. The van der Waals surface area contributed by atoms with Crippen molar-refractivity contribution in [3.8, 4) is 0 Å². The second kappa shape index (κ2) is 6.80. The van der Waals surface area contributed by atoms with Crippen LogP contribution in [0, 0.1) is 12.8 Å². The van der Waals surface area contributed by atoms with Gasteiger partial charge in [0.1, 0.15) is 0 Å². The summed E-state index contributed by atoms with van der Waals surface area (Å²) >= 11 is 3.43. The van der Waals surface area contributed by atoms with Crippen LogP contribution in [0.1, 0.15) is 42.6 Å². The Labute approximate surface area is 112 Å². The fourth-order valence-electron chi connectivity index (χ4n) is 1.60. The molecule has 1 N–H and O–H groups in total. The summed E-state index contributed by atoms with van der Waals surface area (Å²) in [7, 11) is 0. The SMILES string of the molecule is Cc1cc(C(=O)NCCCC(C)C)ccc1Br. The van der Waals surface area contributed by atoms with Crippen LogP contribution in [0.3, 0.4) is 0 Å². The molecule has 17 heavy (non-hydrogen) atoms. The van der Waals surface area contributed by atoms with Gasteiger partial charge in [0.15, 0.2) is 0 Å². The van der Waals surface area contributed by atoms with Gasteiger partial charge in [-0.25, -0.2) is 0 Å². The van der Waals surface area contributed by atoms with Crippen molar-refractivity contribution >= 4 is 21.8 Å². The molecule has 0 aromatic heterocycles. The lowest BCUT2D eigenvalue weighted by Gasteiger charge is -2.08. The minimum Gasteiger partial charge on any atom is -0.352 e. The van der Waals surface area contributed by atoms with Crippen LogP contribution in [0.2, 0.25) is 0 Å². The van der Waals surface area contributed by atoms with Gasteiger partial charge in [0.2, 0.25) is 0 Å². The summed E-state index contributed by atoms with van der Waals surface area (Å²) < 4.78 is 1.04. The Morgan fingerprint density at radius 2 is 2.12 bits per heavy atom. The zero-order chi connectivity index (χ0) is 12.8. The first-order valence-electron chi connectivity index (χ1n) is 6.05. The molecule has 0 heterocycles. The van der Waals surface area contributed by atoms with Crippen molar-refractivity contribution < 1.29 is 4.79 Å². The lowest BCUT2D eigenvalue weighted by Crippen LogP contribution is -2.24. The molecule has 1 amide bonds. The summed E-state index contributed by atoms with van der Waals surface area (Å²) in [5.74, 6) is 0.714. The Bertz CT molecular complexity index is 388. The van der Waals surface area contributed by atoms with Gasteiger partial charge in [-0.3, -0.25) is 4.79 Å². The topological polar surface area (TPSA) is 29.1 Å². The van der Waals surface area contributed by atoms with Gasteiger partial charge in [0.05, 0.1) is 0 Å².